The van der Waals surface area contributed by atoms with Gasteiger partial charge >= 0.3 is 0 Å². The number of furan rings is 1. The van der Waals surface area contributed by atoms with Gasteiger partial charge in [0.05, 0.1) is 6.26 Å². The van der Waals surface area contributed by atoms with E-state index >= 15 is 0 Å². The molecule has 1 aliphatic rings. The first-order valence-corrected chi connectivity index (χ1v) is 6.11. The van der Waals surface area contributed by atoms with Crippen LogP contribution in [0.1, 0.15) is 12.0 Å². The van der Waals surface area contributed by atoms with Crippen molar-refractivity contribution in [1.29, 1.82) is 0 Å². The van der Waals surface area contributed by atoms with Crippen LogP contribution < -0.4 is 0 Å². The van der Waals surface area contributed by atoms with Crippen LogP contribution in [0.4, 0.5) is 0 Å². The van der Waals surface area contributed by atoms with Crippen LogP contribution in [0.15, 0.2) is 34.9 Å². The number of benzene rings is 1. The van der Waals surface area contributed by atoms with Crippen molar-refractivity contribution in [2.45, 2.75) is 13.0 Å². The van der Waals surface area contributed by atoms with Gasteiger partial charge in [0.2, 0.25) is 5.91 Å². The minimum absolute atomic E-state index is 0.0863. The number of hydrogen-bond acceptors (Lipinski definition) is 3. The van der Waals surface area contributed by atoms with Crippen molar-refractivity contribution in [3.05, 3.63) is 36.1 Å². The van der Waals surface area contributed by atoms with Gasteiger partial charge in [-0.1, -0.05) is 6.07 Å². The summed E-state index contributed by atoms with van der Waals surface area (Å²) in [6.07, 6.45) is 2.13. The number of carbonyl (C=O) groups excluding carboxylic acids is 1. The standard InChI is InChI=1S/C14H15NO3/c16-9-11-6-14(17)15(8-11)7-10-1-2-13-12(5-10)3-4-18-13/h1-5,11,16H,6-9H2. The third kappa shape index (κ3) is 1.99. The molecule has 4 heteroatoms. The predicted molar refractivity (Wildman–Crippen MR) is 66.8 cm³/mol. The van der Waals surface area contributed by atoms with E-state index in [1.807, 2.05) is 29.2 Å². The molecule has 1 aromatic heterocycles. The molecule has 1 unspecified atom stereocenters. The minimum Gasteiger partial charge on any atom is -0.464 e. The quantitative estimate of drug-likeness (QED) is 0.896. The van der Waals surface area contributed by atoms with Crippen LogP contribution in [0.25, 0.3) is 11.0 Å². The molecule has 0 spiro atoms. The van der Waals surface area contributed by atoms with E-state index in [-0.39, 0.29) is 18.4 Å². The fourth-order valence-electron chi connectivity index (χ4n) is 2.46. The number of amides is 1. The van der Waals surface area contributed by atoms with Crippen LogP contribution in [0.5, 0.6) is 0 Å². The van der Waals surface area contributed by atoms with E-state index in [1.54, 1.807) is 6.26 Å². The van der Waals surface area contributed by atoms with Crippen LogP contribution in [0.3, 0.4) is 0 Å². The topological polar surface area (TPSA) is 53.7 Å². The first-order valence-electron chi connectivity index (χ1n) is 6.11. The molecule has 1 aliphatic heterocycles. The second kappa shape index (κ2) is 4.46. The molecular weight excluding hydrogens is 230 g/mol. The van der Waals surface area contributed by atoms with E-state index in [9.17, 15) is 4.79 Å². The fourth-order valence-corrected chi connectivity index (χ4v) is 2.46. The van der Waals surface area contributed by atoms with Gasteiger partial charge < -0.3 is 14.4 Å². The maximum absolute atomic E-state index is 11.8. The highest BCUT2D eigenvalue weighted by atomic mass is 16.3. The molecule has 18 heavy (non-hydrogen) atoms. The largest absolute Gasteiger partial charge is 0.464 e. The Hall–Kier alpha value is -1.81. The Morgan fingerprint density at radius 2 is 2.28 bits per heavy atom. The molecule has 1 amide bonds. The lowest BCUT2D eigenvalue weighted by molar-refractivity contribution is -0.128. The Morgan fingerprint density at radius 3 is 3.06 bits per heavy atom. The van der Waals surface area contributed by atoms with Crippen LogP contribution in [0, 0.1) is 5.92 Å². The van der Waals surface area contributed by atoms with Gasteiger partial charge in [-0.3, -0.25) is 4.79 Å². The molecule has 1 atom stereocenters. The van der Waals surface area contributed by atoms with Crippen molar-refractivity contribution < 1.29 is 14.3 Å². The molecule has 94 valence electrons. The summed E-state index contributed by atoms with van der Waals surface area (Å²) in [5.74, 6) is 0.219. The van der Waals surface area contributed by atoms with Gasteiger partial charge in [-0.15, -0.1) is 0 Å². The molecule has 2 aromatic rings. The molecule has 1 saturated heterocycles. The molecular formula is C14H15NO3. The van der Waals surface area contributed by atoms with E-state index in [4.69, 9.17) is 9.52 Å². The molecule has 1 aromatic carbocycles. The zero-order valence-corrected chi connectivity index (χ0v) is 10.0. The van der Waals surface area contributed by atoms with Crippen molar-refractivity contribution in [2.75, 3.05) is 13.2 Å². The number of hydrogen-bond donors (Lipinski definition) is 1. The Kier molecular flexibility index (Phi) is 2.80. The molecule has 1 fully saturated rings. The SMILES string of the molecule is O=C1CC(CO)CN1Cc1ccc2occc2c1. The van der Waals surface area contributed by atoms with E-state index in [0.717, 1.165) is 16.5 Å². The molecule has 3 rings (SSSR count). The highest BCUT2D eigenvalue weighted by Crippen LogP contribution is 2.22. The minimum atomic E-state index is 0.0863. The van der Waals surface area contributed by atoms with Crippen LogP contribution in [0.2, 0.25) is 0 Å². The number of rotatable bonds is 3. The van der Waals surface area contributed by atoms with Gasteiger partial charge in [0, 0.05) is 37.4 Å². The van der Waals surface area contributed by atoms with E-state index in [0.29, 0.717) is 19.5 Å². The average molecular weight is 245 g/mol. The van der Waals surface area contributed by atoms with Crippen LogP contribution in [-0.4, -0.2) is 29.1 Å². The Labute approximate surface area is 105 Å². The Morgan fingerprint density at radius 1 is 1.39 bits per heavy atom. The van der Waals surface area contributed by atoms with Crippen molar-refractivity contribution in [1.82, 2.24) is 4.90 Å². The molecule has 0 saturated carbocycles. The second-order valence-electron chi connectivity index (χ2n) is 4.82. The number of likely N-dealkylation sites (tertiary alicyclic amines) is 1. The van der Waals surface area contributed by atoms with Gasteiger partial charge in [-0.25, -0.2) is 0 Å². The Bertz CT molecular complexity index is 575. The number of aliphatic hydroxyl groups excluding tert-OH is 1. The average Bonchev–Trinajstić information content (AvgIpc) is 2.96. The summed E-state index contributed by atoms with van der Waals surface area (Å²) in [7, 11) is 0. The molecule has 0 bridgehead atoms. The first kappa shape index (κ1) is 11.3. The van der Waals surface area contributed by atoms with Crippen LogP contribution >= 0.6 is 0 Å². The van der Waals surface area contributed by atoms with Crippen molar-refractivity contribution >= 4 is 16.9 Å². The second-order valence-corrected chi connectivity index (χ2v) is 4.82. The number of carbonyl (C=O) groups is 1. The fraction of sp³-hybridized carbons (Fsp3) is 0.357. The number of nitrogens with zero attached hydrogens (tertiary/aromatic N) is 1. The van der Waals surface area contributed by atoms with E-state index in [2.05, 4.69) is 0 Å². The van der Waals surface area contributed by atoms with Crippen LogP contribution in [-0.2, 0) is 11.3 Å². The third-order valence-electron chi connectivity index (χ3n) is 3.44. The highest BCUT2D eigenvalue weighted by Gasteiger charge is 2.28. The molecule has 2 heterocycles. The highest BCUT2D eigenvalue weighted by molar-refractivity contribution is 5.80. The first-order chi connectivity index (χ1) is 8.76. The summed E-state index contributed by atoms with van der Waals surface area (Å²) in [6.45, 7) is 1.35. The summed E-state index contributed by atoms with van der Waals surface area (Å²) >= 11 is 0. The smallest absolute Gasteiger partial charge is 0.223 e. The van der Waals surface area contributed by atoms with Crippen molar-refractivity contribution in [3.8, 4) is 0 Å². The van der Waals surface area contributed by atoms with Crippen molar-refractivity contribution in [3.63, 3.8) is 0 Å². The van der Waals surface area contributed by atoms with Gasteiger partial charge in [0.15, 0.2) is 0 Å². The molecule has 4 nitrogen and oxygen atoms in total. The maximum atomic E-state index is 11.8. The van der Waals surface area contributed by atoms with E-state index < -0.39 is 0 Å². The van der Waals surface area contributed by atoms with Gasteiger partial charge in [0.1, 0.15) is 5.58 Å². The monoisotopic (exact) mass is 245 g/mol. The Balaban J connectivity index is 1.77. The lowest BCUT2D eigenvalue weighted by Gasteiger charge is -2.16. The normalized spacial score (nSPS) is 19.9. The summed E-state index contributed by atoms with van der Waals surface area (Å²) in [5, 5.41) is 10.1. The summed E-state index contributed by atoms with van der Waals surface area (Å²) in [4.78, 5) is 13.6. The lowest BCUT2D eigenvalue weighted by Crippen LogP contribution is -2.24. The summed E-state index contributed by atoms with van der Waals surface area (Å²) < 4.78 is 5.28. The maximum Gasteiger partial charge on any atom is 0.223 e. The van der Waals surface area contributed by atoms with Gasteiger partial charge in [-0.05, 0) is 23.8 Å². The van der Waals surface area contributed by atoms with Gasteiger partial charge in [-0.2, -0.15) is 0 Å². The molecule has 1 N–H and O–H groups in total. The zero-order valence-electron chi connectivity index (χ0n) is 10.0. The van der Waals surface area contributed by atoms with Gasteiger partial charge in [0.25, 0.3) is 0 Å². The predicted octanol–water partition coefficient (Wildman–Crippen LogP) is 1.77. The lowest BCUT2D eigenvalue weighted by atomic mass is 10.1. The number of fused-ring (bicyclic) bond motifs is 1. The summed E-state index contributed by atoms with van der Waals surface area (Å²) in [6, 6.07) is 7.86. The molecule has 0 radical (unpaired) electrons. The zero-order chi connectivity index (χ0) is 12.5. The molecule has 0 aliphatic carbocycles. The van der Waals surface area contributed by atoms with Crippen molar-refractivity contribution in [2.24, 2.45) is 5.92 Å². The third-order valence-corrected chi connectivity index (χ3v) is 3.44. The summed E-state index contributed by atoms with van der Waals surface area (Å²) in [5.41, 5.74) is 1.95. The number of aliphatic hydroxyl groups is 1. The van der Waals surface area contributed by atoms with E-state index in [1.165, 1.54) is 0 Å².